The standard InChI is InChI=1S/C15H21ClN2O3/c1-3-8-18(9-10-19)15(21)11(2)17-14(20)12-6-4-5-7-13(12)16/h4-7,11,19H,3,8-10H2,1-2H3,(H,17,20). The lowest BCUT2D eigenvalue weighted by molar-refractivity contribution is -0.133. The fraction of sp³-hybridized carbons (Fsp3) is 0.467. The number of carbonyl (C=O) groups excluding carboxylic acids is 2. The number of carbonyl (C=O) groups is 2. The average molecular weight is 313 g/mol. The molecule has 0 spiro atoms. The molecule has 2 amide bonds. The minimum absolute atomic E-state index is 0.100. The van der Waals surface area contributed by atoms with Gasteiger partial charge in [0.2, 0.25) is 5.91 Å². The van der Waals surface area contributed by atoms with Crippen molar-refractivity contribution < 1.29 is 14.7 Å². The molecule has 0 radical (unpaired) electrons. The Hall–Kier alpha value is -1.59. The molecule has 0 aliphatic heterocycles. The first-order valence-corrected chi connectivity index (χ1v) is 7.34. The summed E-state index contributed by atoms with van der Waals surface area (Å²) in [6, 6.07) is 6.00. The van der Waals surface area contributed by atoms with Gasteiger partial charge in [0.15, 0.2) is 0 Å². The van der Waals surface area contributed by atoms with Gasteiger partial charge in [0, 0.05) is 13.1 Å². The Balaban J connectivity index is 2.71. The SMILES string of the molecule is CCCN(CCO)C(=O)C(C)NC(=O)c1ccccc1Cl. The van der Waals surface area contributed by atoms with Gasteiger partial charge in [0.1, 0.15) is 6.04 Å². The van der Waals surface area contributed by atoms with Gasteiger partial charge in [-0.3, -0.25) is 9.59 Å². The molecule has 21 heavy (non-hydrogen) atoms. The van der Waals surface area contributed by atoms with Gasteiger partial charge >= 0.3 is 0 Å². The van der Waals surface area contributed by atoms with Crippen LogP contribution in [0.4, 0.5) is 0 Å². The largest absolute Gasteiger partial charge is 0.395 e. The molecule has 5 nitrogen and oxygen atoms in total. The summed E-state index contributed by atoms with van der Waals surface area (Å²) >= 11 is 5.95. The van der Waals surface area contributed by atoms with Gasteiger partial charge in [-0.25, -0.2) is 0 Å². The van der Waals surface area contributed by atoms with E-state index in [0.717, 1.165) is 6.42 Å². The van der Waals surface area contributed by atoms with E-state index in [1.165, 1.54) is 4.90 Å². The molecule has 1 aromatic carbocycles. The quantitative estimate of drug-likeness (QED) is 0.805. The highest BCUT2D eigenvalue weighted by atomic mass is 35.5. The molecule has 0 aromatic heterocycles. The summed E-state index contributed by atoms with van der Waals surface area (Å²) in [6.07, 6.45) is 0.789. The fourth-order valence-corrected chi connectivity index (χ4v) is 2.20. The second kappa shape index (κ2) is 8.64. The van der Waals surface area contributed by atoms with Crippen LogP contribution in [0.15, 0.2) is 24.3 Å². The number of benzene rings is 1. The van der Waals surface area contributed by atoms with Crippen LogP contribution in [0.2, 0.25) is 5.02 Å². The maximum Gasteiger partial charge on any atom is 0.253 e. The minimum Gasteiger partial charge on any atom is -0.395 e. The Morgan fingerprint density at radius 1 is 1.33 bits per heavy atom. The monoisotopic (exact) mass is 312 g/mol. The number of amides is 2. The summed E-state index contributed by atoms with van der Waals surface area (Å²) in [6.45, 7) is 4.28. The van der Waals surface area contributed by atoms with Gasteiger partial charge in [-0.2, -0.15) is 0 Å². The van der Waals surface area contributed by atoms with E-state index in [2.05, 4.69) is 5.32 Å². The van der Waals surface area contributed by atoms with Crippen LogP contribution in [-0.2, 0) is 4.79 Å². The lowest BCUT2D eigenvalue weighted by atomic mass is 10.2. The van der Waals surface area contributed by atoms with Gasteiger partial charge in [-0.05, 0) is 25.5 Å². The van der Waals surface area contributed by atoms with Crippen molar-refractivity contribution >= 4 is 23.4 Å². The minimum atomic E-state index is -0.674. The molecule has 1 atom stereocenters. The van der Waals surface area contributed by atoms with E-state index in [1.54, 1.807) is 31.2 Å². The number of rotatable bonds is 7. The molecule has 0 saturated heterocycles. The highest BCUT2D eigenvalue weighted by Gasteiger charge is 2.22. The first-order valence-electron chi connectivity index (χ1n) is 6.96. The number of hydrogen-bond acceptors (Lipinski definition) is 3. The van der Waals surface area contributed by atoms with Gasteiger partial charge in [-0.1, -0.05) is 30.7 Å². The van der Waals surface area contributed by atoms with Crippen LogP contribution in [-0.4, -0.2) is 47.6 Å². The summed E-state index contributed by atoms with van der Waals surface area (Å²) in [5, 5.41) is 12.0. The molecule has 116 valence electrons. The van der Waals surface area contributed by atoms with E-state index in [-0.39, 0.29) is 25.0 Å². The summed E-state index contributed by atoms with van der Waals surface area (Å²) in [7, 11) is 0. The Labute approximate surface area is 129 Å². The number of nitrogens with zero attached hydrogens (tertiary/aromatic N) is 1. The zero-order chi connectivity index (χ0) is 15.8. The zero-order valence-electron chi connectivity index (χ0n) is 12.3. The highest BCUT2D eigenvalue weighted by Crippen LogP contribution is 2.14. The number of aliphatic hydroxyl groups is 1. The topological polar surface area (TPSA) is 69.6 Å². The molecule has 2 N–H and O–H groups in total. The van der Waals surface area contributed by atoms with E-state index >= 15 is 0 Å². The Kier molecular flexibility index (Phi) is 7.19. The van der Waals surface area contributed by atoms with Gasteiger partial charge < -0.3 is 15.3 Å². The molecule has 6 heteroatoms. The van der Waals surface area contributed by atoms with Crippen molar-refractivity contribution in [2.45, 2.75) is 26.3 Å². The van der Waals surface area contributed by atoms with E-state index < -0.39 is 6.04 Å². The molecule has 0 saturated carbocycles. The average Bonchev–Trinajstić information content (AvgIpc) is 2.46. The molecular formula is C15H21ClN2O3. The molecule has 1 aromatic rings. The maximum absolute atomic E-state index is 12.2. The summed E-state index contributed by atoms with van der Waals surface area (Å²) < 4.78 is 0. The van der Waals surface area contributed by atoms with Crippen LogP contribution in [0.5, 0.6) is 0 Å². The second-order valence-corrected chi connectivity index (χ2v) is 5.13. The van der Waals surface area contributed by atoms with Crippen molar-refractivity contribution in [1.82, 2.24) is 10.2 Å². The van der Waals surface area contributed by atoms with Crippen molar-refractivity contribution in [2.75, 3.05) is 19.7 Å². The van der Waals surface area contributed by atoms with E-state index in [4.69, 9.17) is 16.7 Å². The van der Waals surface area contributed by atoms with Crippen molar-refractivity contribution in [1.29, 1.82) is 0 Å². The third-order valence-electron chi connectivity index (χ3n) is 3.01. The second-order valence-electron chi connectivity index (χ2n) is 4.72. The summed E-state index contributed by atoms with van der Waals surface area (Å²) in [4.78, 5) is 25.9. The third-order valence-corrected chi connectivity index (χ3v) is 3.34. The predicted molar refractivity (Wildman–Crippen MR) is 82.3 cm³/mol. The Morgan fingerprint density at radius 3 is 2.57 bits per heavy atom. The maximum atomic E-state index is 12.2. The molecule has 0 aliphatic rings. The molecule has 0 bridgehead atoms. The Morgan fingerprint density at radius 2 is 2.00 bits per heavy atom. The fourth-order valence-electron chi connectivity index (χ4n) is 1.98. The first kappa shape index (κ1) is 17.5. The van der Waals surface area contributed by atoms with Crippen molar-refractivity contribution in [3.8, 4) is 0 Å². The zero-order valence-corrected chi connectivity index (χ0v) is 13.1. The molecule has 0 fully saturated rings. The van der Waals surface area contributed by atoms with Crippen LogP contribution >= 0.6 is 11.6 Å². The van der Waals surface area contributed by atoms with Crippen LogP contribution < -0.4 is 5.32 Å². The van der Waals surface area contributed by atoms with Crippen LogP contribution in [0, 0.1) is 0 Å². The summed E-state index contributed by atoms with van der Waals surface area (Å²) in [5.74, 6) is -0.604. The third kappa shape index (κ3) is 5.02. The van der Waals surface area contributed by atoms with Crippen molar-refractivity contribution in [3.05, 3.63) is 34.9 Å². The van der Waals surface area contributed by atoms with Crippen LogP contribution in [0.25, 0.3) is 0 Å². The Bertz CT molecular complexity index is 488. The van der Waals surface area contributed by atoms with Crippen molar-refractivity contribution in [2.24, 2.45) is 0 Å². The van der Waals surface area contributed by atoms with Gasteiger partial charge in [-0.15, -0.1) is 0 Å². The van der Waals surface area contributed by atoms with Gasteiger partial charge in [0.05, 0.1) is 17.2 Å². The van der Waals surface area contributed by atoms with Gasteiger partial charge in [0.25, 0.3) is 5.91 Å². The highest BCUT2D eigenvalue weighted by molar-refractivity contribution is 6.33. The number of aliphatic hydroxyl groups excluding tert-OH is 1. The number of hydrogen-bond donors (Lipinski definition) is 2. The van der Waals surface area contributed by atoms with Crippen LogP contribution in [0.3, 0.4) is 0 Å². The molecule has 1 rings (SSSR count). The smallest absolute Gasteiger partial charge is 0.253 e. The predicted octanol–water partition coefficient (Wildman–Crippen LogP) is 1.69. The number of nitrogens with one attached hydrogen (secondary N) is 1. The van der Waals surface area contributed by atoms with Crippen LogP contribution in [0.1, 0.15) is 30.6 Å². The molecule has 0 aliphatic carbocycles. The summed E-state index contributed by atoms with van der Waals surface area (Å²) in [5.41, 5.74) is 0.336. The lowest BCUT2D eigenvalue weighted by Crippen LogP contribution is -2.48. The van der Waals surface area contributed by atoms with E-state index in [9.17, 15) is 9.59 Å². The van der Waals surface area contributed by atoms with E-state index in [0.29, 0.717) is 17.1 Å². The van der Waals surface area contributed by atoms with E-state index in [1.807, 2.05) is 6.92 Å². The van der Waals surface area contributed by atoms with Crippen molar-refractivity contribution in [3.63, 3.8) is 0 Å². The number of halogens is 1. The normalized spacial score (nSPS) is 11.8. The first-order chi connectivity index (χ1) is 10.0. The molecule has 0 heterocycles. The lowest BCUT2D eigenvalue weighted by Gasteiger charge is -2.25. The molecular weight excluding hydrogens is 292 g/mol. The molecule has 1 unspecified atom stereocenters.